The topological polar surface area (TPSA) is 99.3 Å². The van der Waals surface area contributed by atoms with Gasteiger partial charge in [-0.15, -0.1) is 0 Å². The van der Waals surface area contributed by atoms with Crippen molar-refractivity contribution in [1.82, 2.24) is 0 Å². The minimum Gasteiger partial charge on any atom is -0.481 e. The van der Waals surface area contributed by atoms with Gasteiger partial charge in [0.05, 0.1) is 13.1 Å². The van der Waals surface area contributed by atoms with Crippen LogP contribution < -0.4 is 0 Å². The Hall–Kier alpha value is -1.46. The molecule has 16 heavy (non-hydrogen) atoms. The molecule has 0 saturated heterocycles. The number of nitrogens with zero attached hydrogens (tertiary/aromatic N) is 2. The van der Waals surface area contributed by atoms with Gasteiger partial charge in [-0.25, -0.2) is 0 Å². The molecular weight excluding hydrogens is 212 g/mol. The number of hydrogen-bond acceptors (Lipinski definition) is 4. The second kappa shape index (κ2) is 7.78. The van der Waals surface area contributed by atoms with Crippen molar-refractivity contribution in [2.24, 2.45) is 22.1 Å². The van der Waals surface area contributed by atoms with Crippen molar-refractivity contribution in [3.63, 3.8) is 0 Å². The number of hydrogen-bond donors (Lipinski definition) is 2. The number of carboxylic acids is 2. The van der Waals surface area contributed by atoms with Gasteiger partial charge in [-0.3, -0.25) is 9.59 Å². The first-order chi connectivity index (χ1) is 7.41. The molecule has 0 aromatic rings. The molecule has 0 amide bonds. The maximum Gasteiger partial charge on any atom is 0.303 e. The Bertz CT molecular complexity index is 240. The highest BCUT2D eigenvalue weighted by atomic mass is 16.4. The zero-order chi connectivity index (χ0) is 12.6. The van der Waals surface area contributed by atoms with Crippen LogP contribution in [0.1, 0.15) is 26.7 Å². The van der Waals surface area contributed by atoms with Crippen LogP contribution in [0.3, 0.4) is 0 Å². The summed E-state index contributed by atoms with van der Waals surface area (Å²) in [7, 11) is 0. The second-order valence-electron chi connectivity index (χ2n) is 4.05. The summed E-state index contributed by atoms with van der Waals surface area (Å²) < 4.78 is 0. The lowest BCUT2D eigenvalue weighted by molar-refractivity contribution is -0.139. The third kappa shape index (κ3) is 9.11. The van der Waals surface area contributed by atoms with Crippen LogP contribution in [0.25, 0.3) is 0 Å². The highest BCUT2D eigenvalue weighted by Crippen LogP contribution is 2.05. The Morgan fingerprint density at radius 3 is 1.50 bits per heavy atom. The fourth-order valence-electron chi connectivity index (χ4n) is 1.12. The van der Waals surface area contributed by atoms with Gasteiger partial charge in [0.2, 0.25) is 0 Å². The van der Waals surface area contributed by atoms with Crippen LogP contribution in [0, 0.1) is 11.8 Å². The van der Waals surface area contributed by atoms with E-state index in [1.807, 2.05) is 0 Å². The van der Waals surface area contributed by atoms with Gasteiger partial charge in [-0.1, -0.05) is 13.8 Å². The largest absolute Gasteiger partial charge is 0.481 e. The molecule has 0 fully saturated rings. The van der Waals surface area contributed by atoms with Crippen LogP contribution in [0.4, 0.5) is 0 Å². The Kier molecular flexibility index (Phi) is 7.07. The van der Waals surface area contributed by atoms with E-state index >= 15 is 0 Å². The molecule has 6 nitrogen and oxygen atoms in total. The van der Waals surface area contributed by atoms with Crippen LogP contribution >= 0.6 is 0 Å². The summed E-state index contributed by atoms with van der Waals surface area (Å²) in [6.45, 7) is 4.31. The summed E-state index contributed by atoms with van der Waals surface area (Å²) in [5.41, 5.74) is 0. The van der Waals surface area contributed by atoms with E-state index in [0.717, 1.165) is 0 Å². The van der Waals surface area contributed by atoms with Crippen molar-refractivity contribution >= 4 is 11.9 Å². The zero-order valence-electron chi connectivity index (χ0n) is 9.59. The van der Waals surface area contributed by atoms with Crippen molar-refractivity contribution in [3.05, 3.63) is 0 Å². The highest BCUT2D eigenvalue weighted by Gasteiger charge is 2.08. The Morgan fingerprint density at radius 2 is 1.25 bits per heavy atom. The van der Waals surface area contributed by atoms with Crippen molar-refractivity contribution < 1.29 is 19.8 Å². The van der Waals surface area contributed by atoms with Crippen molar-refractivity contribution in [2.75, 3.05) is 13.1 Å². The van der Waals surface area contributed by atoms with E-state index in [-0.39, 0.29) is 24.7 Å². The molecule has 0 aliphatic carbocycles. The van der Waals surface area contributed by atoms with E-state index in [9.17, 15) is 9.59 Å². The maximum atomic E-state index is 10.3. The highest BCUT2D eigenvalue weighted by molar-refractivity contribution is 5.67. The molecule has 0 spiro atoms. The molecule has 0 saturated carbocycles. The molecule has 0 rings (SSSR count). The lowest BCUT2D eigenvalue weighted by Crippen LogP contribution is -2.08. The van der Waals surface area contributed by atoms with Crippen molar-refractivity contribution in [2.45, 2.75) is 26.7 Å². The van der Waals surface area contributed by atoms with Crippen LogP contribution in [0.15, 0.2) is 10.2 Å². The Morgan fingerprint density at radius 1 is 0.938 bits per heavy atom. The molecule has 2 N–H and O–H groups in total. The SMILES string of the molecule is CC(CN=NCC(C)CC(=O)O)CC(=O)O. The number of azo groups is 1. The summed E-state index contributed by atoms with van der Waals surface area (Å²) in [4.78, 5) is 20.7. The molecule has 2 atom stereocenters. The standard InChI is InChI=1S/C10H18N2O4/c1-7(3-9(13)14)5-11-12-6-8(2)4-10(15)16/h7-8H,3-6H2,1-2H3,(H,13,14)(H,15,16). The van der Waals surface area contributed by atoms with Gasteiger partial charge >= 0.3 is 11.9 Å². The summed E-state index contributed by atoms with van der Waals surface area (Å²) in [6, 6.07) is 0. The lowest BCUT2D eigenvalue weighted by Gasteiger charge is -2.04. The summed E-state index contributed by atoms with van der Waals surface area (Å²) in [6.07, 6.45) is 0.146. The molecule has 92 valence electrons. The third-order valence-electron chi connectivity index (χ3n) is 1.93. The Balaban J connectivity index is 3.68. The van der Waals surface area contributed by atoms with E-state index in [2.05, 4.69) is 10.2 Å². The number of aliphatic carboxylic acids is 2. The van der Waals surface area contributed by atoms with Crippen molar-refractivity contribution in [1.29, 1.82) is 0 Å². The molecular formula is C10H18N2O4. The predicted molar refractivity (Wildman–Crippen MR) is 57.4 cm³/mol. The van der Waals surface area contributed by atoms with Gasteiger partial charge in [0, 0.05) is 12.8 Å². The summed E-state index contributed by atoms with van der Waals surface area (Å²) in [5, 5.41) is 24.7. The second-order valence-corrected chi connectivity index (χ2v) is 4.05. The van der Waals surface area contributed by atoms with Gasteiger partial charge < -0.3 is 10.2 Å². The van der Waals surface area contributed by atoms with E-state index in [0.29, 0.717) is 13.1 Å². The number of carbonyl (C=O) groups is 2. The van der Waals surface area contributed by atoms with Gasteiger partial charge in [0.1, 0.15) is 0 Å². The first kappa shape index (κ1) is 14.5. The van der Waals surface area contributed by atoms with E-state index in [4.69, 9.17) is 10.2 Å². The normalized spacial score (nSPS) is 14.9. The number of rotatable bonds is 8. The maximum absolute atomic E-state index is 10.3. The quantitative estimate of drug-likeness (QED) is 0.619. The summed E-state index contributed by atoms with van der Waals surface area (Å²) >= 11 is 0. The van der Waals surface area contributed by atoms with Gasteiger partial charge in [0.15, 0.2) is 0 Å². The van der Waals surface area contributed by atoms with Gasteiger partial charge in [-0.2, -0.15) is 10.2 Å². The molecule has 0 aliphatic rings. The smallest absolute Gasteiger partial charge is 0.303 e. The number of carboxylic acid groups (broad SMARTS) is 2. The average molecular weight is 230 g/mol. The molecule has 6 heteroatoms. The first-order valence-electron chi connectivity index (χ1n) is 5.18. The van der Waals surface area contributed by atoms with Crippen LogP contribution in [-0.2, 0) is 9.59 Å². The van der Waals surface area contributed by atoms with Crippen LogP contribution in [0.5, 0.6) is 0 Å². The van der Waals surface area contributed by atoms with Gasteiger partial charge in [-0.05, 0) is 11.8 Å². The summed E-state index contributed by atoms with van der Waals surface area (Å²) in [5.74, 6) is -1.78. The molecule has 0 aromatic heterocycles. The average Bonchev–Trinajstić information content (AvgIpc) is 2.10. The van der Waals surface area contributed by atoms with Crippen LogP contribution in [-0.4, -0.2) is 35.2 Å². The molecule has 0 radical (unpaired) electrons. The fourth-order valence-corrected chi connectivity index (χ4v) is 1.12. The van der Waals surface area contributed by atoms with Crippen molar-refractivity contribution in [3.8, 4) is 0 Å². The molecule has 0 aliphatic heterocycles. The van der Waals surface area contributed by atoms with E-state index in [1.54, 1.807) is 13.8 Å². The zero-order valence-corrected chi connectivity index (χ0v) is 9.59. The van der Waals surface area contributed by atoms with E-state index < -0.39 is 11.9 Å². The van der Waals surface area contributed by atoms with E-state index in [1.165, 1.54) is 0 Å². The first-order valence-corrected chi connectivity index (χ1v) is 5.18. The minimum atomic E-state index is -0.845. The predicted octanol–water partition coefficient (Wildman–Crippen LogP) is 1.66. The third-order valence-corrected chi connectivity index (χ3v) is 1.93. The molecule has 0 heterocycles. The molecule has 0 bridgehead atoms. The Labute approximate surface area is 94.4 Å². The molecule has 2 unspecified atom stereocenters. The minimum absolute atomic E-state index is 0.0453. The lowest BCUT2D eigenvalue weighted by atomic mass is 10.1. The van der Waals surface area contributed by atoms with Crippen LogP contribution in [0.2, 0.25) is 0 Å². The fraction of sp³-hybridized carbons (Fsp3) is 0.800. The molecule has 0 aromatic carbocycles. The van der Waals surface area contributed by atoms with Gasteiger partial charge in [0.25, 0.3) is 0 Å². The monoisotopic (exact) mass is 230 g/mol.